The number of carboxylic acid groups (broad SMARTS) is 2. The summed E-state index contributed by atoms with van der Waals surface area (Å²) >= 11 is 0. The number of carbonyl (C=O) groups is 3. The predicted octanol–water partition coefficient (Wildman–Crippen LogP) is 7.75. The van der Waals surface area contributed by atoms with Crippen LogP contribution in [0.5, 0.6) is 23.0 Å². The van der Waals surface area contributed by atoms with Gasteiger partial charge in [-0.25, -0.2) is 14.4 Å². The predicted molar refractivity (Wildman–Crippen MR) is 164 cm³/mol. The maximum absolute atomic E-state index is 12.5. The number of esters is 1. The van der Waals surface area contributed by atoms with Gasteiger partial charge >= 0.3 is 18.3 Å². The minimum Gasteiger partial charge on any atom is -0.465 e. The molecule has 10 heteroatoms. The quantitative estimate of drug-likeness (QED) is 0.0349. The zero-order valence-corrected chi connectivity index (χ0v) is 24.3. The molecule has 0 unspecified atom stereocenters. The van der Waals surface area contributed by atoms with E-state index in [-0.39, 0.29) is 23.7 Å². The standard InChI is InChI=1S/C35H28O10/c1-35(2)30-19-26(42-21-41-18-17-23-5-10-25(11-6-23)45-34(39)40)12-14-28(30)29-15-13-27(20-31(29)35)43-32(36)16-7-22-3-8-24(9-4-22)44-33(37)38/h3-20H,21H2,1-2H3,(H,37,38)(H,39,40). The Morgan fingerprint density at radius 1 is 0.644 bits per heavy atom. The summed E-state index contributed by atoms with van der Waals surface area (Å²) in [6, 6.07) is 24.1. The van der Waals surface area contributed by atoms with Gasteiger partial charge in [0.1, 0.15) is 23.0 Å². The highest BCUT2D eigenvalue weighted by molar-refractivity contribution is 5.89. The van der Waals surface area contributed by atoms with Crippen LogP contribution in [-0.2, 0) is 14.9 Å². The number of fused-ring (bicyclic) bond motifs is 3. The molecule has 0 amide bonds. The zero-order valence-electron chi connectivity index (χ0n) is 24.3. The van der Waals surface area contributed by atoms with Crippen LogP contribution in [-0.4, -0.2) is 35.3 Å². The van der Waals surface area contributed by atoms with E-state index in [1.165, 1.54) is 24.5 Å². The van der Waals surface area contributed by atoms with Crippen molar-refractivity contribution in [3.63, 3.8) is 0 Å². The first-order chi connectivity index (χ1) is 21.6. The molecular formula is C35H28O10. The molecule has 5 rings (SSSR count). The highest BCUT2D eigenvalue weighted by atomic mass is 16.7. The van der Waals surface area contributed by atoms with Crippen LogP contribution in [0.15, 0.2) is 97.3 Å². The Morgan fingerprint density at radius 3 is 1.69 bits per heavy atom. The molecule has 0 bridgehead atoms. The largest absolute Gasteiger partial charge is 0.511 e. The molecule has 228 valence electrons. The van der Waals surface area contributed by atoms with Gasteiger partial charge in [-0.3, -0.25) is 0 Å². The van der Waals surface area contributed by atoms with E-state index in [1.54, 1.807) is 54.6 Å². The molecule has 0 heterocycles. The Bertz CT molecular complexity index is 1780. The Labute approximate surface area is 258 Å². The van der Waals surface area contributed by atoms with Crippen LogP contribution in [0.3, 0.4) is 0 Å². The maximum Gasteiger partial charge on any atom is 0.511 e. The second-order valence-electron chi connectivity index (χ2n) is 10.4. The van der Waals surface area contributed by atoms with Gasteiger partial charge in [0, 0.05) is 11.5 Å². The molecule has 10 nitrogen and oxygen atoms in total. The van der Waals surface area contributed by atoms with Crippen molar-refractivity contribution in [2.75, 3.05) is 6.79 Å². The van der Waals surface area contributed by atoms with Crippen molar-refractivity contribution >= 4 is 30.4 Å². The number of rotatable bonds is 10. The average Bonchev–Trinajstić information content (AvgIpc) is 3.22. The van der Waals surface area contributed by atoms with E-state index < -0.39 is 18.3 Å². The minimum atomic E-state index is -1.40. The Kier molecular flexibility index (Phi) is 8.85. The second kappa shape index (κ2) is 13.1. The van der Waals surface area contributed by atoms with Crippen LogP contribution in [0, 0.1) is 0 Å². The average molecular weight is 609 g/mol. The van der Waals surface area contributed by atoms with Crippen molar-refractivity contribution in [3.05, 3.63) is 120 Å². The fourth-order valence-electron chi connectivity index (χ4n) is 4.93. The van der Waals surface area contributed by atoms with E-state index in [9.17, 15) is 14.4 Å². The molecule has 0 saturated carbocycles. The molecular weight excluding hydrogens is 580 g/mol. The smallest absolute Gasteiger partial charge is 0.465 e. The Morgan fingerprint density at radius 2 is 1.13 bits per heavy atom. The maximum atomic E-state index is 12.5. The van der Waals surface area contributed by atoms with Gasteiger partial charge in [0.25, 0.3) is 0 Å². The van der Waals surface area contributed by atoms with E-state index in [0.29, 0.717) is 17.1 Å². The summed E-state index contributed by atoms with van der Waals surface area (Å²) in [6.07, 6.45) is 3.31. The van der Waals surface area contributed by atoms with Gasteiger partial charge in [-0.1, -0.05) is 50.2 Å². The second-order valence-corrected chi connectivity index (χ2v) is 10.4. The Hall–Kier alpha value is -6.03. The van der Waals surface area contributed by atoms with Crippen molar-refractivity contribution in [2.24, 2.45) is 0 Å². The van der Waals surface area contributed by atoms with Crippen LogP contribution in [0.2, 0.25) is 0 Å². The molecule has 4 aromatic carbocycles. The van der Waals surface area contributed by atoms with Crippen molar-refractivity contribution in [2.45, 2.75) is 19.3 Å². The van der Waals surface area contributed by atoms with E-state index >= 15 is 0 Å². The van der Waals surface area contributed by atoms with Crippen molar-refractivity contribution in [3.8, 4) is 34.1 Å². The van der Waals surface area contributed by atoms with E-state index in [4.69, 9.17) is 24.4 Å². The van der Waals surface area contributed by atoms with Crippen LogP contribution in [0.4, 0.5) is 9.59 Å². The fourth-order valence-corrected chi connectivity index (χ4v) is 4.93. The molecule has 45 heavy (non-hydrogen) atoms. The van der Waals surface area contributed by atoms with Crippen molar-refractivity contribution < 1.29 is 48.3 Å². The highest BCUT2D eigenvalue weighted by Gasteiger charge is 2.36. The van der Waals surface area contributed by atoms with Crippen LogP contribution >= 0.6 is 0 Å². The molecule has 2 N–H and O–H groups in total. The minimum absolute atomic E-state index is 0.0171. The first-order valence-electron chi connectivity index (χ1n) is 13.7. The molecule has 0 aromatic heterocycles. The number of benzene rings is 4. The lowest BCUT2D eigenvalue weighted by molar-refractivity contribution is -0.128. The third-order valence-electron chi connectivity index (χ3n) is 7.07. The summed E-state index contributed by atoms with van der Waals surface area (Å²) in [5.74, 6) is 0.905. The van der Waals surface area contributed by atoms with Crippen LogP contribution in [0.1, 0.15) is 36.1 Å². The molecule has 1 aliphatic carbocycles. The third kappa shape index (κ3) is 7.49. The van der Waals surface area contributed by atoms with Gasteiger partial charge in [-0.15, -0.1) is 0 Å². The summed E-state index contributed by atoms with van der Waals surface area (Å²) < 4.78 is 26.0. The van der Waals surface area contributed by atoms with Gasteiger partial charge in [0.15, 0.2) is 0 Å². The molecule has 1 aliphatic rings. The first-order valence-corrected chi connectivity index (χ1v) is 13.7. The topological polar surface area (TPSA) is 138 Å². The number of carbonyl (C=O) groups excluding carboxylic acids is 1. The monoisotopic (exact) mass is 608 g/mol. The zero-order chi connectivity index (χ0) is 32.0. The summed E-state index contributed by atoms with van der Waals surface area (Å²) in [7, 11) is 0. The van der Waals surface area contributed by atoms with Crippen molar-refractivity contribution in [1.82, 2.24) is 0 Å². The summed E-state index contributed by atoms with van der Waals surface area (Å²) in [6.45, 7) is 4.17. The summed E-state index contributed by atoms with van der Waals surface area (Å²) in [4.78, 5) is 33.8. The van der Waals surface area contributed by atoms with Gasteiger partial charge < -0.3 is 33.9 Å². The van der Waals surface area contributed by atoms with Crippen molar-refractivity contribution in [1.29, 1.82) is 0 Å². The van der Waals surface area contributed by atoms with Crippen LogP contribution < -0.4 is 18.9 Å². The molecule has 0 fully saturated rings. The lowest BCUT2D eigenvalue weighted by Crippen LogP contribution is -2.15. The Balaban J connectivity index is 1.18. The SMILES string of the molecule is CC1(C)c2cc(OCOC=Cc3ccc(OC(=O)O)cc3)ccc2-c2ccc(OC(=O)C=Cc3ccc(OC(=O)O)cc3)cc21. The van der Waals surface area contributed by atoms with Gasteiger partial charge in [0.2, 0.25) is 6.79 Å². The van der Waals surface area contributed by atoms with Crippen LogP contribution in [0.25, 0.3) is 23.3 Å². The third-order valence-corrected chi connectivity index (χ3v) is 7.07. The molecule has 0 spiro atoms. The lowest BCUT2D eigenvalue weighted by Gasteiger charge is -2.22. The molecule has 0 atom stereocenters. The van der Waals surface area contributed by atoms with Gasteiger partial charge in [-0.05, 0) is 94.1 Å². The molecule has 0 radical (unpaired) electrons. The summed E-state index contributed by atoms with van der Waals surface area (Å²) in [5.41, 5.74) is 5.26. The lowest BCUT2D eigenvalue weighted by atomic mass is 9.82. The van der Waals surface area contributed by atoms with Gasteiger partial charge in [-0.2, -0.15) is 0 Å². The highest BCUT2D eigenvalue weighted by Crippen LogP contribution is 2.50. The first kappa shape index (κ1) is 30.4. The number of hydrogen-bond donors (Lipinski definition) is 2. The summed E-state index contributed by atoms with van der Waals surface area (Å²) in [5, 5.41) is 17.3. The number of hydrogen-bond acceptors (Lipinski definition) is 8. The van der Waals surface area contributed by atoms with E-state index in [2.05, 4.69) is 23.3 Å². The fraction of sp³-hybridized carbons (Fsp3) is 0.114. The normalized spacial score (nSPS) is 12.8. The van der Waals surface area contributed by atoms with E-state index in [1.807, 2.05) is 30.3 Å². The van der Waals surface area contributed by atoms with Gasteiger partial charge in [0.05, 0.1) is 6.26 Å². The molecule has 0 aliphatic heterocycles. The number of ether oxygens (including phenoxy) is 5. The molecule has 0 saturated heterocycles. The van der Waals surface area contributed by atoms with E-state index in [0.717, 1.165) is 27.8 Å². The molecule has 4 aromatic rings.